The molecule has 0 aliphatic heterocycles. The molecule has 1 aromatic carbocycles. The lowest BCUT2D eigenvalue weighted by Crippen LogP contribution is -2.08. The molecule has 0 saturated carbocycles. The third-order valence-electron chi connectivity index (χ3n) is 3.29. The van der Waals surface area contributed by atoms with Gasteiger partial charge in [0.05, 0.1) is 5.56 Å². The Balaban J connectivity index is 2.32. The van der Waals surface area contributed by atoms with Crippen molar-refractivity contribution in [2.24, 2.45) is 0 Å². The highest BCUT2D eigenvalue weighted by Gasteiger charge is 2.30. The number of anilines is 1. The molecule has 0 atom stereocenters. The maximum absolute atomic E-state index is 12.7. The molecule has 21 heavy (non-hydrogen) atoms. The summed E-state index contributed by atoms with van der Waals surface area (Å²) in [5.41, 5.74) is 1.63. The molecular formula is C15H16F3N3. The molecule has 0 aliphatic rings. The van der Waals surface area contributed by atoms with E-state index in [0.717, 1.165) is 23.4 Å². The van der Waals surface area contributed by atoms with Crippen LogP contribution < -0.4 is 5.32 Å². The van der Waals surface area contributed by atoms with E-state index in [2.05, 4.69) is 15.3 Å². The molecule has 2 rings (SSSR count). The predicted octanol–water partition coefficient (Wildman–Crippen LogP) is 3.74. The first-order valence-corrected chi connectivity index (χ1v) is 6.49. The fraction of sp³-hybridized carbons (Fsp3) is 0.333. The molecule has 1 aromatic heterocycles. The number of aromatic nitrogens is 2. The standard InChI is InChI=1S/C15H16F3N3/c1-9-10(2)20-13(21-14(9)19-3)8-11-5-4-6-12(7-11)15(16,17)18/h4-7H,8H2,1-3H3,(H,19,20,21). The Hall–Kier alpha value is -2.11. The molecule has 0 saturated heterocycles. The van der Waals surface area contributed by atoms with Gasteiger partial charge < -0.3 is 5.32 Å². The van der Waals surface area contributed by atoms with Gasteiger partial charge in [-0.15, -0.1) is 0 Å². The van der Waals surface area contributed by atoms with Crippen molar-refractivity contribution < 1.29 is 13.2 Å². The van der Waals surface area contributed by atoms with Crippen LogP contribution in [0.5, 0.6) is 0 Å². The third-order valence-corrected chi connectivity index (χ3v) is 3.29. The minimum Gasteiger partial charge on any atom is -0.373 e. The van der Waals surface area contributed by atoms with Crippen LogP contribution in [0, 0.1) is 13.8 Å². The number of hydrogen-bond donors (Lipinski definition) is 1. The van der Waals surface area contributed by atoms with Crippen LogP contribution in [0.3, 0.4) is 0 Å². The van der Waals surface area contributed by atoms with E-state index in [1.165, 1.54) is 6.07 Å². The maximum atomic E-state index is 12.7. The van der Waals surface area contributed by atoms with Crippen molar-refractivity contribution in [3.8, 4) is 0 Å². The van der Waals surface area contributed by atoms with Crippen molar-refractivity contribution in [2.75, 3.05) is 12.4 Å². The zero-order valence-corrected chi connectivity index (χ0v) is 12.0. The van der Waals surface area contributed by atoms with Crippen molar-refractivity contribution in [3.05, 3.63) is 52.5 Å². The first kappa shape index (κ1) is 15.3. The molecule has 0 amide bonds. The zero-order chi connectivity index (χ0) is 15.6. The number of rotatable bonds is 3. The summed E-state index contributed by atoms with van der Waals surface area (Å²) in [4.78, 5) is 8.67. The van der Waals surface area contributed by atoms with Gasteiger partial charge >= 0.3 is 6.18 Å². The van der Waals surface area contributed by atoms with Crippen molar-refractivity contribution in [3.63, 3.8) is 0 Å². The summed E-state index contributed by atoms with van der Waals surface area (Å²) in [6.45, 7) is 3.75. The zero-order valence-electron chi connectivity index (χ0n) is 12.0. The molecule has 2 aromatic rings. The number of halogens is 3. The van der Waals surface area contributed by atoms with Gasteiger partial charge in [-0.05, 0) is 25.5 Å². The van der Waals surface area contributed by atoms with Gasteiger partial charge in [0.15, 0.2) is 0 Å². The van der Waals surface area contributed by atoms with Crippen LogP contribution in [-0.4, -0.2) is 17.0 Å². The minimum absolute atomic E-state index is 0.264. The van der Waals surface area contributed by atoms with E-state index < -0.39 is 11.7 Å². The van der Waals surface area contributed by atoms with Crippen molar-refractivity contribution in [1.82, 2.24) is 9.97 Å². The van der Waals surface area contributed by atoms with Crippen LogP contribution in [0.15, 0.2) is 24.3 Å². The van der Waals surface area contributed by atoms with Gasteiger partial charge in [0.1, 0.15) is 11.6 Å². The molecule has 0 spiro atoms. The molecule has 0 radical (unpaired) electrons. The van der Waals surface area contributed by atoms with Gasteiger partial charge in [-0.1, -0.05) is 18.2 Å². The number of benzene rings is 1. The van der Waals surface area contributed by atoms with Gasteiger partial charge in [0.25, 0.3) is 0 Å². The highest BCUT2D eigenvalue weighted by atomic mass is 19.4. The third kappa shape index (κ3) is 3.51. The molecule has 0 unspecified atom stereocenters. The van der Waals surface area contributed by atoms with E-state index in [9.17, 15) is 13.2 Å². The van der Waals surface area contributed by atoms with Gasteiger partial charge in [-0.2, -0.15) is 13.2 Å². The molecule has 112 valence electrons. The summed E-state index contributed by atoms with van der Waals surface area (Å²) in [7, 11) is 1.75. The summed E-state index contributed by atoms with van der Waals surface area (Å²) in [5, 5.41) is 2.97. The predicted molar refractivity (Wildman–Crippen MR) is 75.3 cm³/mol. The lowest BCUT2D eigenvalue weighted by molar-refractivity contribution is -0.137. The SMILES string of the molecule is CNc1nc(Cc2cccc(C(F)(F)F)c2)nc(C)c1C. The normalized spacial score (nSPS) is 11.5. The van der Waals surface area contributed by atoms with Crippen molar-refractivity contribution in [1.29, 1.82) is 0 Å². The average molecular weight is 295 g/mol. The smallest absolute Gasteiger partial charge is 0.373 e. The minimum atomic E-state index is -4.34. The molecular weight excluding hydrogens is 279 g/mol. The van der Waals surface area contributed by atoms with Crippen LogP contribution in [0.25, 0.3) is 0 Å². The number of nitrogens with one attached hydrogen (secondary N) is 1. The molecule has 0 fully saturated rings. The fourth-order valence-corrected chi connectivity index (χ4v) is 2.05. The molecule has 0 aliphatic carbocycles. The second-order valence-electron chi connectivity index (χ2n) is 4.82. The van der Waals surface area contributed by atoms with E-state index in [1.807, 2.05) is 13.8 Å². The topological polar surface area (TPSA) is 37.8 Å². The summed E-state index contributed by atoms with van der Waals surface area (Å²) in [5.74, 6) is 1.20. The molecule has 1 N–H and O–H groups in total. The van der Waals surface area contributed by atoms with E-state index in [0.29, 0.717) is 17.2 Å². The number of hydrogen-bond acceptors (Lipinski definition) is 3. The van der Waals surface area contributed by atoms with Gasteiger partial charge in [0.2, 0.25) is 0 Å². The Morgan fingerprint density at radius 3 is 2.48 bits per heavy atom. The maximum Gasteiger partial charge on any atom is 0.416 e. The highest BCUT2D eigenvalue weighted by molar-refractivity contribution is 5.45. The second kappa shape index (κ2) is 5.71. The first-order chi connectivity index (χ1) is 9.81. The lowest BCUT2D eigenvalue weighted by Gasteiger charge is -2.11. The van der Waals surface area contributed by atoms with E-state index >= 15 is 0 Å². The monoisotopic (exact) mass is 295 g/mol. The summed E-state index contributed by atoms with van der Waals surface area (Å²) >= 11 is 0. The quantitative estimate of drug-likeness (QED) is 0.937. The van der Waals surface area contributed by atoms with Crippen LogP contribution in [0.1, 0.15) is 28.2 Å². The number of nitrogens with zero attached hydrogens (tertiary/aromatic N) is 2. The number of aryl methyl sites for hydroxylation is 1. The van der Waals surface area contributed by atoms with Crippen LogP contribution >= 0.6 is 0 Å². The van der Waals surface area contributed by atoms with Crippen molar-refractivity contribution >= 4 is 5.82 Å². The first-order valence-electron chi connectivity index (χ1n) is 6.49. The highest BCUT2D eigenvalue weighted by Crippen LogP contribution is 2.30. The van der Waals surface area contributed by atoms with E-state index in [4.69, 9.17) is 0 Å². The van der Waals surface area contributed by atoms with Crippen LogP contribution in [0.2, 0.25) is 0 Å². The fourth-order valence-electron chi connectivity index (χ4n) is 2.05. The van der Waals surface area contributed by atoms with E-state index in [1.54, 1.807) is 13.1 Å². The average Bonchev–Trinajstić information content (AvgIpc) is 2.42. The Kier molecular flexibility index (Phi) is 4.16. The Morgan fingerprint density at radius 2 is 1.86 bits per heavy atom. The molecule has 0 bridgehead atoms. The van der Waals surface area contributed by atoms with Crippen LogP contribution in [-0.2, 0) is 12.6 Å². The van der Waals surface area contributed by atoms with Crippen molar-refractivity contribution in [2.45, 2.75) is 26.4 Å². The van der Waals surface area contributed by atoms with Gasteiger partial charge in [-0.3, -0.25) is 0 Å². The van der Waals surface area contributed by atoms with Gasteiger partial charge in [-0.25, -0.2) is 9.97 Å². The van der Waals surface area contributed by atoms with Gasteiger partial charge in [0, 0.05) is 24.7 Å². The largest absolute Gasteiger partial charge is 0.416 e. The summed E-state index contributed by atoms with van der Waals surface area (Å²) in [6, 6.07) is 5.24. The second-order valence-corrected chi connectivity index (χ2v) is 4.82. The molecule has 3 nitrogen and oxygen atoms in total. The molecule has 6 heteroatoms. The van der Waals surface area contributed by atoms with Crippen LogP contribution in [0.4, 0.5) is 19.0 Å². The Labute approximate surface area is 121 Å². The number of alkyl halides is 3. The Bertz CT molecular complexity index is 651. The summed E-state index contributed by atoms with van der Waals surface area (Å²) < 4.78 is 38.1. The molecule has 1 heterocycles. The Morgan fingerprint density at radius 1 is 1.14 bits per heavy atom. The summed E-state index contributed by atoms with van der Waals surface area (Å²) in [6.07, 6.45) is -4.07. The lowest BCUT2D eigenvalue weighted by atomic mass is 10.1. The van der Waals surface area contributed by atoms with E-state index in [-0.39, 0.29) is 6.42 Å².